The molecule has 0 fully saturated rings. The molecule has 96 valence electrons. The van der Waals surface area contributed by atoms with Crippen LogP contribution in [0.1, 0.15) is 16.8 Å². The van der Waals surface area contributed by atoms with E-state index in [-0.39, 0.29) is 0 Å². The predicted octanol–water partition coefficient (Wildman–Crippen LogP) is 3.02. The zero-order valence-corrected chi connectivity index (χ0v) is 11.4. The summed E-state index contributed by atoms with van der Waals surface area (Å²) in [5.74, 6) is 1.70. The summed E-state index contributed by atoms with van der Waals surface area (Å²) in [6.07, 6.45) is 0. The first-order valence-corrected chi connectivity index (χ1v) is 5.83. The summed E-state index contributed by atoms with van der Waals surface area (Å²) in [6.45, 7) is 6.03. The van der Waals surface area contributed by atoms with Gasteiger partial charge in [-0.15, -0.1) is 0 Å². The summed E-state index contributed by atoms with van der Waals surface area (Å²) in [4.78, 5) is 0. The van der Waals surface area contributed by atoms with Crippen LogP contribution in [0.25, 0.3) is 11.3 Å². The smallest absolute Gasteiger partial charge is 0.131 e. The molecule has 0 spiro atoms. The minimum Gasteiger partial charge on any atom is -0.496 e. The maximum absolute atomic E-state index is 5.51. The van der Waals surface area contributed by atoms with Gasteiger partial charge in [-0.2, -0.15) is 5.10 Å². The van der Waals surface area contributed by atoms with Crippen molar-refractivity contribution < 1.29 is 9.47 Å². The number of rotatable bonds is 3. The Bertz CT molecular complexity index is 573. The van der Waals surface area contributed by atoms with Crippen molar-refractivity contribution in [2.45, 2.75) is 20.8 Å². The molecule has 18 heavy (non-hydrogen) atoms. The number of methoxy groups -OCH3 is 2. The van der Waals surface area contributed by atoms with Crippen LogP contribution in [0, 0.1) is 20.8 Å². The fourth-order valence-corrected chi connectivity index (χ4v) is 2.08. The molecule has 1 heterocycles. The molecular weight excluding hydrogens is 228 g/mol. The molecule has 0 aliphatic heterocycles. The van der Waals surface area contributed by atoms with Gasteiger partial charge in [-0.3, -0.25) is 5.10 Å². The van der Waals surface area contributed by atoms with Crippen molar-refractivity contribution in [2.24, 2.45) is 0 Å². The average molecular weight is 246 g/mol. The molecule has 2 rings (SSSR count). The molecule has 0 amide bonds. The van der Waals surface area contributed by atoms with Gasteiger partial charge in [0.2, 0.25) is 0 Å². The van der Waals surface area contributed by atoms with Crippen molar-refractivity contribution in [2.75, 3.05) is 14.2 Å². The Morgan fingerprint density at radius 1 is 1.00 bits per heavy atom. The van der Waals surface area contributed by atoms with Gasteiger partial charge in [0.15, 0.2) is 0 Å². The Labute approximate surface area is 107 Å². The second kappa shape index (κ2) is 4.72. The number of H-pyrrole nitrogens is 1. The molecule has 0 aliphatic rings. The molecule has 2 aromatic rings. The molecule has 0 unspecified atom stereocenters. The van der Waals surface area contributed by atoms with Crippen LogP contribution in [-0.4, -0.2) is 24.4 Å². The summed E-state index contributed by atoms with van der Waals surface area (Å²) in [6, 6.07) is 3.96. The zero-order valence-electron chi connectivity index (χ0n) is 11.4. The van der Waals surface area contributed by atoms with Crippen molar-refractivity contribution >= 4 is 0 Å². The van der Waals surface area contributed by atoms with Crippen LogP contribution >= 0.6 is 0 Å². The molecule has 0 bridgehead atoms. The van der Waals surface area contributed by atoms with Crippen LogP contribution in [0.15, 0.2) is 12.1 Å². The van der Waals surface area contributed by atoms with Gasteiger partial charge in [0.25, 0.3) is 0 Å². The lowest BCUT2D eigenvalue weighted by Crippen LogP contribution is -1.97. The lowest BCUT2D eigenvalue weighted by atomic mass is 10.0. The van der Waals surface area contributed by atoms with Crippen LogP contribution in [0.2, 0.25) is 0 Å². The zero-order chi connectivity index (χ0) is 13.3. The first kappa shape index (κ1) is 12.5. The molecule has 4 heteroatoms. The molecule has 1 N–H and O–H groups in total. The fraction of sp³-hybridized carbons (Fsp3) is 0.357. The Morgan fingerprint density at radius 3 is 2.22 bits per heavy atom. The van der Waals surface area contributed by atoms with Gasteiger partial charge in [-0.25, -0.2) is 0 Å². The Morgan fingerprint density at radius 2 is 1.72 bits per heavy atom. The first-order valence-electron chi connectivity index (χ1n) is 5.83. The molecule has 4 nitrogen and oxygen atoms in total. The van der Waals surface area contributed by atoms with Crippen LogP contribution in [0.4, 0.5) is 0 Å². The van der Waals surface area contributed by atoms with E-state index in [1.807, 2.05) is 32.9 Å². The summed E-state index contributed by atoms with van der Waals surface area (Å²) in [5.41, 5.74) is 5.00. The third-order valence-electron chi connectivity index (χ3n) is 3.20. The van der Waals surface area contributed by atoms with Crippen molar-refractivity contribution in [1.82, 2.24) is 10.2 Å². The Hall–Kier alpha value is -1.97. The number of benzene rings is 1. The fourth-order valence-electron chi connectivity index (χ4n) is 2.08. The molecule has 0 saturated carbocycles. The minimum atomic E-state index is 0.847. The number of nitrogens with one attached hydrogen (secondary N) is 1. The first-order chi connectivity index (χ1) is 8.58. The van der Waals surface area contributed by atoms with Crippen LogP contribution in [0.3, 0.4) is 0 Å². The van der Waals surface area contributed by atoms with E-state index in [0.29, 0.717) is 0 Å². The number of aryl methyl sites for hydroxylation is 1. The second-order valence-corrected chi connectivity index (χ2v) is 4.35. The van der Waals surface area contributed by atoms with Crippen molar-refractivity contribution in [3.8, 4) is 22.8 Å². The van der Waals surface area contributed by atoms with E-state index in [4.69, 9.17) is 9.47 Å². The van der Waals surface area contributed by atoms with Crippen LogP contribution in [0.5, 0.6) is 11.5 Å². The highest BCUT2D eigenvalue weighted by Crippen LogP contribution is 2.38. The minimum absolute atomic E-state index is 0.847. The summed E-state index contributed by atoms with van der Waals surface area (Å²) >= 11 is 0. The molecule has 0 radical (unpaired) electrons. The van der Waals surface area contributed by atoms with Gasteiger partial charge in [0.1, 0.15) is 11.5 Å². The largest absolute Gasteiger partial charge is 0.496 e. The Kier molecular flexibility index (Phi) is 3.28. The summed E-state index contributed by atoms with van der Waals surface area (Å²) in [7, 11) is 3.35. The van der Waals surface area contributed by atoms with Gasteiger partial charge in [0, 0.05) is 11.3 Å². The highest BCUT2D eigenvalue weighted by Gasteiger charge is 2.16. The number of nitrogens with zero attached hydrogens (tertiary/aromatic N) is 1. The molecule has 1 aromatic carbocycles. The van der Waals surface area contributed by atoms with E-state index in [0.717, 1.165) is 39.6 Å². The highest BCUT2D eigenvalue weighted by atomic mass is 16.5. The van der Waals surface area contributed by atoms with Crippen molar-refractivity contribution in [3.05, 3.63) is 29.0 Å². The van der Waals surface area contributed by atoms with Gasteiger partial charge in [-0.1, -0.05) is 0 Å². The van der Waals surface area contributed by atoms with Gasteiger partial charge in [0.05, 0.1) is 19.9 Å². The number of aromatic amines is 1. The summed E-state index contributed by atoms with van der Waals surface area (Å²) < 4.78 is 10.9. The van der Waals surface area contributed by atoms with E-state index in [1.54, 1.807) is 14.2 Å². The number of aromatic nitrogens is 2. The van der Waals surface area contributed by atoms with Crippen LogP contribution < -0.4 is 9.47 Å². The molecule has 0 aliphatic carbocycles. The van der Waals surface area contributed by atoms with Crippen molar-refractivity contribution in [3.63, 3.8) is 0 Å². The molecule has 0 saturated heterocycles. The highest BCUT2D eigenvalue weighted by molar-refractivity contribution is 5.73. The normalized spacial score (nSPS) is 10.5. The third-order valence-corrected chi connectivity index (χ3v) is 3.20. The van der Waals surface area contributed by atoms with E-state index in [2.05, 4.69) is 10.2 Å². The SMILES string of the molecule is COc1cc(-c2cc(C)[nH]n2)c(OC)c(C)c1C. The van der Waals surface area contributed by atoms with Gasteiger partial charge < -0.3 is 9.47 Å². The van der Waals surface area contributed by atoms with E-state index >= 15 is 0 Å². The predicted molar refractivity (Wildman–Crippen MR) is 71.3 cm³/mol. The lowest BCUT2D eigenvalue weighted by Gasteiger charge is -2.15. The Balaban J connectivity index is 2.69. The molecule has 0 atom stereocenters. The van der Waals surface area contributed by atoms with Gasteiger partial charge >= 0.3 is 0 Å². The summed E-state index contributed by atoms with van der Waals surface area (Å²) in [5, 5.41) is 7.22. The van der Waals surface area contributed by atoms with E-state index < -0.39 is 0 Å². The maximum atomic E-state index is 5.51. The number of hydrogen-bond donors (Lipinski definition) is 1. The molecule has 1 aromatic heterocycles. The van der Waals surface area contributed by atoms with E-state index in [9.17, 15) is 0 Å². The maximum Gasteiger partial charge on any atom is 0.131 e. The van der Waals surface area contributed by atoms with Crippen LogP contribution in [-0.2, 0) is 0 Å². The van der Waals surface area contributed by atoms with Gasteiger partial charge in [-0.05, 0) is 44.0 Å². The monoisotopic (exact) mass is 246 g/mol. The lowest BCUT2D eigenvalue weighted by molar-refractivity contribution is 0.399. The number of ether oxygens (including phenoxy) is 2. The topological polar surface area (TPSA) is 47.1 Å². The number of hydrogen-bond acceptors (Lipinski definition) is 3. The average Bonchev–Trinajstić information content (AvgIpc) is 2.79. The second-order valence-electron chi connectivity index (χ2n) is 4.35. The quantitative estimate of drug-likeness (QED) is 0.905. The van der Waals surface area contributed by atoms with Crippen molar-refractivity contribution in [1.29, 1.82) is 0 Å². The standard InChI is InChI=1S/C14H18N2O2/c1-8-6-12(16-15-8)11-7-13(17-4)9(2)10(3)14(11)18-5/h6-7H,1-5H3,(H,15,16). The third kappa shape index (κ3) is 1.94. The molecular formula is C14H18N2O2. The van der Waals surface area contributed by atoms with E-state index in [1.165, 1.54) is 0 Å².